The lowest BCUT2D eigenvalue weighted by Gasteiger charge is -2.04. The number of nitrogens with zero attached hydrogens (tertiary/aromatic N) is 2. The van der Waals surface area contributed by atoms with Gasteiger partial charge in [0.05, 0.1) is 6.54 Å². The summed E-state index contributed by atoms with van der Waals surface area (Å²) in [5.41, 5.74) is 5.51. The summed E-state index contributed by atoms with van der Waals surface area (Å²) in [6, 6.07) is 1.83. The van der Waals surface area contributed by atoms with Crippen LogP contribution in [0.15, 0.2) is 12.3 Å². The molecule has 0 fully saturated rings. The van der Waals surface area contributed by atoms with Crippen LogP contribution in [0.25, 0.3) is 0 Å². The summed E-state index contributed by atoms with van der Waals surface area (Å²) < 4.78 is 1.90. The summed E-state index contributed by atoms with van der Waals surface area (Å²) in [5.74, 6) is 3.78. The Morgan fingerprint density at radius 1 is 1.50 bits per heavy atom. The second-order valence-electron chi connectivity index (χ2n) is 3.80. The first-order valence-corrected chi connectivity index (χ1v) is 6.20. The lowest BCUT2D eigenvalue weighted by atomic mass is 10.2. The molecule has 0 saturated heterocycles. The molecule has 0 amide bonds. The molecule has 0 bridgehead atoms. The number of nitrogen functional groups attached to an aromatic ring is 1. The quantitative estimate of drug-likeness (QED) is 0.737. The Labute approximate surface area is 90.1 Å². The number of aromatic nitrogens is 2. The minimum Gasteiger partial charge on any atom is -0.382 e. The van der Waals surface area contributed by atoms with E-state index in [4.69, 9.17) is 5.73 Å². The molecule has 0 aliphatic rings. The van der Waals surface area contributed by atoms with E-state index >= 15 is 0 Å². The Hall–Kier alpha value is -0.640. The average molecular weight is 213 g/mol. The van der Waals surface area contributed by atoms with Crippen LogP contribution < -0.4 is 5.73 Å². The Kier molecular flexibility index (Phi) is 4.87. The van der Waals surface area contributed by atoms with Crippen LogP contribution in [0.2, 0.25) is 0 Å². The van der Waals surface area contributed by atoms with Crippen molar-refractivity contribution >= 4 is 17.6 Å². The van der Waals surface area contributed by atoms with Crippen molar-refractivity contribution in [2.75, 3.05) is 17.2 Å². The van der Waals surface area contributed by atoms with E-state index in [2.05, 4.69) is 18.9 Å². The number of hydrogen-bond acceptors (Lipinski definition) is 3. The van der Waals surface area contributed by atoms with Gasteiger partial charge in [-0.15, -0.1) is 0 Å². The lowest BCUT2D eigenvalue weighted by molar-refractivity contribution is 0.630. The number of anilines is 1. The fourth-order valence-electron chi connectivity index (χ4n) is 1.08. The van der Waals surface area contributed by atoms with Crippen molar-refractivity contribution in [1.29, 1.82) is 0 Å². The summed E-state index contributed by atoms with van der Waals surface area (Å²) >= 11 is 1.98. The van der Waals surface area contributed by atoms with Crippen molar-refractivity contribution in [2.24, 2.45) is 5.92 Å². The second-order valence-corrected chi connectivity index (χ2v) is 5.02. The minimum absolute atomic E-state index is 0.609. The zero-order valence-corrected chi connectivity index (χ0v) is 9.76. The van der Waals surface area contributed by atoms with Gasteiger partial charge in [0.2, 0.25) is 0 Å². The van der Waals surface area contributed by atoms with E-state index < -0.39 is 0 Å². The van der Waals surface area contributed by atoms with Crippen molar-refractivity contribution < 1.29 is 0 Å². The predicted molar refractivity (Wildman–Crippen MR) is 63.4 cm³/mol. The van der Waals surface area contributed by atoms with Crippen molar-refractivity contribution in [3.8, 4) is 0 Å². The maximum Gasteiger partial charge on any atom is 0.145 e. The van der Waals surface area contributed by atoms with Crippen LogP contribution in [0.5, 0.6) is 0 Å². The van der Waals surface area contributed by atoms with Gasteiger partial charge in [-0.05, 0) is 24.2 Å². The highest BCUT2D eigenvalue weighted by Crippen LogP contribution is 2.09. The van der Waals surface area contributed by atoms with Gasteiger partial charge in [0, 0.05) is 11.9 Å². The molecule has 0 atom stereocenters. The minimum atomic E-state index is 0.609. The first-order chi connectivity index (χ1) is 6.68. The fourth-order valence-corrected chi connectivity index (χ4v) is 2.24. The van der Waals surface area contributed by atoms with Gasteiger partial charge in [-0.25, -0.2) is 0 Å². The molecular formula is C10H19N3S. The summed E-state index contributed by atoms with van der Waals surface area (Å²) in [6.07, 6.45) is 3.23. The van der Waals surface area contributed by atoms with Gasteiger partial charge >= 0.3 is 0 Å². The summed E-state index contributed by atoms with van der Waals surface area (Å²) in [4.78, 5) is 0. The summed E-state index contributed by atoms with van der Waals surface area (Å²) in [7, 11) is 0. The van der Waals surface area contributed by atoms with Gasteiger partial charge in [-0.3, -0.25) is 4.68 Å². The standard InChI is InChI=1S/C10H19N3S/c1-9(2)4-7-14-8-6-13-5-3-10(11)12-13/h3,5,9H,4,6-8H2,1-2H3,(H2,11,12). The smallest absolute Gasteiger partial charge is 0.145 e. The summed E-state index contributed by atoms with van der Waals surface area (Å²) in [6.45, 7) is 5.48. The van der Waals surface area contributed by atoms with E-state index in [1.165, 1.54) is 12.2 Å². The number of aryl methyl sites for hydroxylation is 1. The molecule has 0 radical (unpaired) electrons. The van der Waals surface area contributed by atoms with Crippen LogP contribution in [0.1, 0.15) is 20.3 Å². The van der Waals surface area contributed by atoms with Gasteiger partial charge in [-0.2, -0.15) is 16.9 Å². The zero-order valence-electron chi connectivity index (χ0n) is 8.94. The van der Waals surface area contributed by atoms with Crippen LogP contribution in [0.4, 0.5) is 5.82 Å². The van der Waals surface area contributed by atoms with Crippen molar-refractivity contribution in [3.05, 3.63) is 12.3 Å². The average Bonchev–Trinajstić information content (AvgIpc) is 2.50. The molecule has 0 saturated carbocycles. The molecule has 1 rings (SSSR count). The van der Waals surface area contributed by atoms with Gasteiger partial charge in [0.25, 0.3) is 0 Å². The number of thioether (sulfide) groups is 1. The lowest BCUT2D eigenvalue weighted by Crippen LogP contribution is -2.02. The number of nitrogens with two attached hydrogens (primary N) is 1. The molecule has 1 aromatic heterocycles. The third-order valence-electron chi connectivity index (χ3n) is 1.97. The Bertz CT molecular complexity index is 258. The van der Waals surface area contributed by atoms with E-state index in [-0.39, 0.29) is 0 Å². The molecule has 4 heteroatoms. The van der Waals surface area contributed by atoms with Crippen molar-refractivity contribution in [2.45, 2.75) is 26.8 Å². The predicted octanol–water partition coefficient (Wildman–Crippen LogP) is 2.24. The van der Waals surface area contributed by atoms with Gasteiger partial charge < -0.3 is 5.73 Å². The Morgan fingerprint density at radius 2 is 2.29 bits per heavy atom. The van der Waals surface area contributed by atoms with Crippen molar-refractivity contribution in [1.82, 2.24) is 9.78 Å². The Morgan fingerprint density at radius 3 is 2.86 bits per heavy atom. The van der Waals surface area contributed by atoms with Gasteiger partial charge in [0.1, 0.15) is 5.82 Å². The molecule has 0 aliphatic heterocycles. The van der Waals surface area contributed by atoms with E-state index in [1.54, 1.807) is 0 Å². The van der Waals surface area contributed by atoms with E-state index in [9.17, 15) is 0 Å². The third kappa shape index (κ3) is 4.56. The van der Waals surface area contributed by atoms with E-state index in [0.717, 1.165) is 18.2 Å². The molecule has 2 N–H and O–H groups in total. The number of rotatable bonds is 6. The second kappa shape index (κ2) is 5.96. The van der Waals surface area contributed by atoms with Gasteiger partial charge in [-0.1, -0.05) is 13.8 Å². The largest absolute Gasteiger partial charge is 0.382 e. The molecule has 80 valence electrons. The highest BCUT2D eigenvalue weighted by molar-refractivity contribution is 7.99. The van der Waals surface area contributed by atoms with Crippen LogP contribution in [0.3, 0.4) is 0 Å². The molecule has 0 aromatic carbocycles. The molecule has 1 aromatic rings. The first-order valence-electron chi connectivity index (χ1n) is 5.05. The van der Waals surface area contributed by atoms with Crippen LogP contribution in [-0.2, 0) is 6.54 Å². The maximum absolute atomic E-state index is 5.51. The van der Waals surface area contributed by atoms with Crippen LogP contribution in [-0.4, -0.2) is 21.3 Å². The molecule has 0 unspecified atom stereocenters. The monoisotopic (exact) mass is 213 g/mol. The zero-order chi connectivity index (χ0) is 10.4. The van der Waals surface area contributed by atoms with E-state index in [1.807, 2.05) is 28.7 Å². The normalized spacial score (nSPS) is 11.1. The molecule has 0 spiro atoms. The number of hydrogen-bond donors (Lipinski definition) is 1. The molecule has 1 heterocycles. The highest BCUT2D eigenvalue weighted by Gasteiger charge is 1.96. The highest BCUT2D eigenvalue weighted by atomic mass is 32.2. The molecule has 3 nitrogen and oxygen atoms in total. The fraction of sp³-hybridized carbons (Fsp3) is 0.700. The molecule has 0 aliphatic carbocycles. The summed E-state index contributed by atoms with van der Waals surface area (Å²) in [5, 5.41) is 4.12. The molecular weight excluding hydrogens is 194 g/mol. The third-order valence-corrected chi connectivity index (χ3v) is 2.96. The maximum atomic E-state index is 5.51. The van der Waals surface area contributed by atoms with Crippen molar-refractivity contribution in [3.63, 3.8) is 0 Å². The van der Waals surface area contributed by atoms with Crippen LogP contribution in [0, 0.1) is 5.92 Å². The first kappa shape index (κ1) is 11.4. The van der Waals surface area contributed by atoms with E-state index in [0.29, 0.717) is 5.82 Å². The van der Waals surface area contributed by atoms with Gasteiger partial charge in [0.15, 0.2) is 0 Å². The molecule has 14 heavy (non-hydrogen) atoms. The topological polar surface area (TPSA) is 43.8 Å². The SMILES string of the molecule is CC(C)CCSCCn1ccc(N)n1. The Balaban J connectivity index is 2.04. The van der Waals surface area contributed by atoms with Crippen LogP contribution >= 0.6 is 11.8 Å².